The average molecular weight is 645 g/mol. The smallest absolute Gasteiger partial charge is 0.0346 e. The Morgan fingerprint density at radius 1 is 0.333 bits per heavy atom. The maximum atomic E-state index is 6.30. The third-order valence-electron chi connectivity index (χ3n) is 10.1. The normalized spacial score (nSPS) is 11.3. The second-order valence-corrected chi connectivity index (χ2v) is 14.3. The molecule has 48 heavy (non-hydrogen) atoms. The molecule has 0 saturated heterocycles. The van der Waals surface area contributed by atoms with Crippen LogP contribution < -0.4 is 11.5 Å². The first-order valence-electron chi connectivity index (χ1n) is 19.4. The molecule has 0 saturated carbocycles. The van der Waals surface area contributed by atoms with Crippen molar-refractivity contribution in [1.82, 2.24) is 0 Å². The highest BCUT2D eigenvalue weighted by Gasteiger charge is 2.06. The van der Waals surface area contributed by atoms with E-state index >= 15 is 0 Å². The first kappa shape index (κ1) is 37.3. The number of hydrogen-bond acceptors (Lipinski definition) is 2. The molecule has 0 aliphatic heterocycles. The van der Waals surface area contributed by atoms with Crippen LogP contribution in [0.1, 0.15) is 148 Å². The molecule has 0 spiro atoms. The Hall–Kier alpha value is -3.52. The van der Waals surface area contributed by atoms with E-state index in [4.69, 9.17) is 11.5 Å². The van der Waals surface area contributed by atoms with E-state index in [0.717, 1.165) is 37.1 Å². The standard InChI is InChI=1S/C46H64N2/c1-3-5-7-9-15-19-43-35-41(29-31-45(43)47)33-39-25-21-37(22-26-39)17-13-11-12-14-18-38-23-27-40(28-24-38)34-42-30-32-46(48)44(36-42)20-16-10-8-6-4-2/h21-32,35-36H,3-20,33-34,47-48H2,1-2H3. The number of nitrogen functional groups attached to an aromatic ring is 2. The van der Waals surface area contributed by atoms with E-state index in [-0.39, 0.29) is 0 Å². The Bertz CT molecular complexity index is 1340. The van der Waals surface area contributed by atoms with Gasteiger partial charge >= 0.3 is 0 Å². The monoisotopic (exact) mass is 645 g/mol. The summed E-state index contributed by atoms with van der Waals surface area (Å²) in [7, 11) is 0. The van der Waals surface area contributed by atoms with Crippen LogP contribution in [0.15, 0.2) is 84.9 Å². The van der Waals surface area contributed by atoms with Gasteiger partial charge in [-0.25, -0.2) is 0 Å². The van der Waals surface area contributed by atoms with Crippen LogP contribution in [0.5, 0.6) is 0 Å². The third kappa shape index (κ3) is 13.5. The maximum Gasteiger partial charge on any atom is 0.0346 e. The van der Waals surface area contributed by atoms with E-state index in [1.165, 1.54) is 147 Å². The number of benzene rings is 4. The summed E-state index contributed by atoms with van der Waals surface area (Å²) in [5, 5.41) is 0. The molecule has 0 aliphatic carbocycles. The van der Waals surface area contributed by atoms with Gasteiger partial charge in [-0.15, -0.1) is 0 Å². The van der Waals surface area contributed by atoms with Crippen molar-refractivity contribution in [1.29, 1.82) is 0 Å². The summed E-state index contributed by atoms with van der Waals surface area (Å²) in [5.74, 6) is 0. The number of unbranched alkanes of at least 4 members (excludes halogenated alkanes) is 11. The molecule has 2 heteroatoms. The molecule has 4 N–H and O–H groups in total. The summed E-state index contributed by atoms with van der Waals surface area (Å²) in [4.78, 5) is 0. The number of hydrogen-bond donors (Lipinski definition) is 2. The third-order valence-corrected chi connectivity index (χ3v) is 10.1. The van der Waals surface area contributed by atoms with Crippen LogP contribution in [0.3, 0.4) is 0 Å². The van der Waals surface area contributed by atoms with Gasteiger partial charge in [0.2, 0.25) is 0 Å². The highest BCUT2D eigenvalue weighted by Crippen LogP contribution is 2.22. The topological polar surface area (TPSA) is 52.0 Å². The molecule has 0 aliphatic rings. The number of rotatable bonds is 23. The van der Waals surface area contributed by atoms with Gasteiger partial charge in [0.1, 0.15) is 0 Å². The lowest BCUT2D eigenvalue weighted by Crippen LogP contribution is -1.98. The lowest BCUT2D eigenvalue weighted by Gasteiger charge is -2.10. The minimum atomic E-state index is 0.949. The molecule has 0 amide bonds. The molecule has 0 radical (unpaired) electrons. The van der Waals surface area contributed by atoms with Gasteiger partial charge in [0, 0.05) is 11.4 Å². The number of anilines is 2. The van der Waals surface area contributed by atoms with E-state index in [1.807, 2.05) is 0 Å². The Balaban J connectivity index is 1.11. The van der Waals surface area contributed by atoms with E-state index in [1.54, 1.807) is 0 Å². The highest BCUT2D eigenvalue weighted by atomic mass is 14.6. The number of aryl methyl sites for hydroxylation is 4. The van der Waals surface area contributed by atoms with Crippen molar-refractivity contribution in [3.8, 4) is 0 Å². The average Bonchev–Trinajstić information content (AvgIpc) is 3.10. The summed E-state index contributed by atoms with van der Waals surface area (Å²) in [5.41, 5.74) is 25.6. The predicted molar refractivity (Wildman–Crippen MR) is 211 cm³/mol. The van der Waals surface area contributed by atoms with Gasteiger partial charge in [0.25, 0.3) is 0 Å². The lowest BCUT2D eigenvalue weighted by molar-refractivity contribution is 0.632. The quantitative estimate of drug-likeness (QED) is 0.0623. The van der Waals surface area contributed by atoms with Crippen LogP contribution in [0.25, 0.3) is 0 Å². The second kappa shape index (κ2) is 21.5. The van der Waals surface area contributed by atoms with Crippen molar-refractivity contribution in [3.05, 3.63) is 129 Å². The Labute approximate surface area is 293 Å². The van der Waals surface area contributed by atoms with Gasteiger partial charge in [-0.1, -0.05) is 151 Å². The van der Waals surface area contributed by atoms with Gasteiger partial charge in [-0.05, 0) is 121 Å². The predicted octanol–water partition coefficient (Wildman–Crippen LogP) is 12.4. The van der Waals surface area contributed by atoms with E-state index in [2.05, 4.69) is 98.8 Å². The molecular weight excluding hydrogens is 581 g/mol. The van der Waals surface area contributed by atoms with Gasteiger partial charge in [0.15, 0.2) is 0 Å². The molecule has 0 bridgehead atoms. The Morgan fingerprint density at radius 2 is 0.646 bits per heavy atom. The summed E-state index contributed by atoms with van der Waals surface area (Å²) in [6, 6.07) is 31.9. The lowest BCUT2D eigenvalue weighted by atomic mass is 9.97. The van der Waals surface area contributed by atoms with Crippen LogP contribution >= 0.6 is 0 Å². The van der Waals surface area contributed by atoms with Crippen LogP contribution in [-0.2, 0) is 38.5 Å². The van der Waals surface area contributed by atoms with Crippen molar-refractivity contribution in [3.63, 3.8) is 0 Å². The zero-order valence-corrected chi connectivity index (χ0v) is 30.4. The molecule has 2 nitrogen and oxygen atoms in total. The highest BCUT2D eigenvalue weighted by molar-refractivity contribution is 5.50. The summed E-state index contributed by atoms with van der Waals surface area (Å²) in [6.45, 7) is 4.54. The first-order valence-corrected chi connectivity index (χ1v) is 19.4. The molecule has 0 unspecified atom stereocenters. The van der Waals surface area contributed by atoms with Crippen molar-refractivity contribution in [2.24, 2.45) is 0 Å². The zero-order valence-electron chi connectivity index (χ0n) is 30.4. The minimum Gasteiger partial charge on any atom is -0.399 e. The second-order valence-electron chi connectivity index (χ2n) is 14.3. The minimum absolute atomic E-state index is 0.949. The van der Waals surface area contributed by atoms with E-state index < -0.39 is 0 Å². The molecule has 4 aromatic carbocycles. The summed E-state index contributed by atoms with van der Waals surface area (Å²) in [6.07, 6.45) is 24.6. The largest absolute Gasteiger partial charge is 0.399 e. The molecule has 0 fully saturated rings. The van der Waals surface area contributed by atoms with Crippen molar-refractivity contribution in [2.45, 2.75) is 142 Å². The molecule has 0 atom stereocenters. The van der Waals surface area contributed by atoms with Crippen LogP contribution in [0, 0.1) is 0 Å². The van der Waals surface area contributed by atoms with Gasteiger partial charge in [-0.2, -0.15) is 0 Å². The molecule has 4 aromatic rings. The van der Waals surface area contributed by atoms with E-state index in [9.17, 15) is 0 Å². The van der Waals surface area contributed by atoms with Gasteiger partial charge in [-0.3, -0.25) is 0 Å². The fraction of sp³-hybridized carbons (Fsp3) is 0.478. The van der Waals surface area contributed by atoms with Gasteiger partial charge < -0.3 is 11.5 Å². The van der Waals surface area contributed by atoms with E-state index in [0.29, 0.717) is 0 Å². The molecule has 0 aromatic heterocycles. The van der Waals surface area contributed by atoms with Crippen LogP contribution in [0.2, 0.25) is 0 Å². The summed E-state index contributed by atoms with van der Waals surface area (Å²) < 4.78 is 0. The Morgan fingerprint density at radius 3 is 1.02 bits per heavy atom. The molecular formula is C46H64N2. The molecule has 258 valence electrons. The zero-order chi connectivity index (χ0) is 33.8. The van der Waals surface area contributed by atoms with Crippen LogP contribution in [0.4, 0.5) is 11.4 Å². The fourth-order valence-corrected chi connectivity index (χ4v) is 6.94. The molecule has 0 heterocycles. The van der Waals surface area contributed by atoms with Crippen molar-refractivity contribution < 1.29 is 0 Å². The Kier molecular flexibility index (Phi) is 16.7. The maximum absolute atomic E-state index is 6.30. The summed E-state index contributed by atoms with van der Waals surface area (Å²) >= 11 is 0. The first-order chi connectivity index (χ1) is 23.5. The van der Waals surface area contributed by atoms with Crippen molar-refractivity contribution >= 4 is 11.4 Å². The van der Waals surface area contributed by atoms with Crippen LogP contribution in [-0.4, -0.2) is 0 Å². The van der Waals surface area contributed by atoms with Gasteiger partial charge in [0.05, 0.1) is 0 Å². The SMILES string of the molecule is CCCCCCCc1cc(Cc2ccc(CCCCCCc3ccc(Cc4ccc(N)c(CCCCCCC)c4)cc3)cc2)ccc1N. The fourth-order valence-electron chi connectivity index (χ4n) is 6.94. The molecule has 4 rings (SSSR count). The number of nitrogens with two attached hydrogens (primary N) is 2. The van der Waals surface area contributed by atoms with Crippen molar-refractivity contribution in [2.75, 3.05) is 11.5 Å².